The third kappa shape index (κ3) is 5.37. The fraction of sp³-hybridized carbons (Fsp3) is 0.556. The number of para-hydroxylation sites is 1. The minimum atomic E-state index is -0.271. The average molecular weight is 350 g/mol. The Morgan fingerprint density at radius 2 is 2.00 bits per heavy atom. The maximum absolute atomic E-state index is 11.9. The molecule has 1 amide bonds. The topological polar surface area (TPSA) is 62.4 Å². The van der Waals surface area contributed by atoms with E-state index in [2.05, 4.69) is 30.0 Å². The van der Waals surface area contributed by atoms with Gasteiger partial charge in [-0.15, -0.1) is 0 Å². The second-order valence-electron chi connectivity index (χ2n) is 6.57. The van der Waals surface area contributed by atoms with Crippen molar-refractivity contribution in [1.82, 2.24) is 16.2 Å². The Labute approximate surface area is 149 Å². The first-order valence-corrected chi connectivity index (χ1v) is 8.92. The number of hydrogen-bond acceptors (Lipinski definition) is 3. The Balaban J connectivity index is 1.69. The number of nitrogens with one attached hydrogen (secondary N) is 3. The van der Waals surface area contributed by atoms with Gasteiger partial charge in [0.05, 0.1) is 0 Å². The van der Waals surface area contributed by atoms with Crippen LogP contribution in [0.2, 0.25) is 0 Å². The van der Waals surface area contributed by atoms with Crippen LogP contribution < -0.4 is 20.9 Å². The Bertz CT molecular complexity index is 579. The van der Waals surface area contributed by atoms with E-state index in [4.69, 9.17) is 17.0 Å². The molecule has 0 radical (unpaired) electrons. The van der Waals surface area contributed by atoms with E-state index in [1.165, 1.54) is 12.8 Å². The molecule has 2 rings (SSSR count). The lowest BCUT2D eigenvalue weighted by Gasteiger charge is -2.35. The zero-order valence-corrected chi connectivity index (χ0v) is 15.4. The monoisotopic (exact) mass is 349 g/mol. The maximum Gasteiger partial charge on any atom is 0.276 e. The van der Waals surface area contributed by atoms with Crippen LogP contribution in [0.15, 0.2) is 24.3 Å². The molecule has 0 spiro atoms. The number of benzene rings is 1. The summed E-state index contributed by atoms with van der Waals surface area (Å²) < 4.78 is 5.50. The number of hydrazine groups is 1. The van der Waals surface area contributed by atoms with E-state index in [0.29, 0.717) is 28.7 Å². The van der Waals surface area contributed by atoms with Crippen LogP contribution in [0.4, 0.5) is 0 Å². The lowest BCUT2D eigenvalue weighted by atomic mass is 9.78. The van der Waals surface area contributed by atoms with Crippen molar-refractivity contribution >= 4 is 23.2 Å². The largest absolute Gasteiger partial charge is 0.483 e. The van der Waals surface area contributed by atoms with Crippen molar-refractivity contribution in [1.29, 1.82) is 0 Å². The van der Waals surface area contributed by atoms with E-state index in [0.717, 1.165) is 12.0 Å². The highest BCUT2D eigenvalue weighted by Gasteiger charge is 2.27. The van der Waals surface area contributed by atoms with Crippen molar-refractivity contribution in [3.63, 3.8) is 0 Å². The predicted molar refractivity (Wildman–Crippen MR) is 99.7 cm³/mol. The van der Waals surface area contributed by atoms with Crippen molar-refractivity contribution in [3.05, 3.63) is 29.8 Å². The number of amides is 1. The van der Waals surface area contributed by atoms with Crippen LogP contribution in [0.25, 0.3) is 0 Å². The third-order valence-corrected chi connectivity index (χ3v) is 5.01. The first-order valence-electron chi connectivity index (χ1n) is 8.51. The second-order valence-corrected chi connectivity index (χ2v) is 6.98. The van der Waals surface area contributed by atoms with E-state index >= 15 is 0 Å². The Morgan fingerprint density at radius 3 is 2.75 bits per heavy atom. The van der Waals surface area contributed by atoms with E-state index in [1.54, 1.807) is 0 Å². The lowest BCUT2D eigenvalue weighted by molar-refractivity contribution is -0.123. The molecule has 1 aliphatic rings. The molecule has 5 nitrogen and oxygen atoms in total. The van der Waals surface area contributed by atoms with Crippen LogP contribution in [0.3, 0.4) is 0 Å². The van der Waals surface area contributed by atoms with Gasteiger partial charge < -0.3 is 10.1 Å². The summed E-state index contributed by atoms with van der Waals surface area (Å²) in [6.45, 7) is 6.41. The quantitative estimate of drug-likeness (QED) is 0.576. The number of carbonyl (C=O) groups is 1. The number of carbonyl (C=O) groups excluding carboxylic acids is 1. The fourth-order valence-electron chi connectivity index (χ4n) is 3.01. The summed E-state index contributed by atoms with van der Waals surface area (Å²) in [5, 5.41) is 3.75. The van der Waals surface area contributed by atoms with E-state index in [1.807, 2.05) is 31.2 Å². The standard InChI is InChI=1S/C18H27N3O2S/c1-12-8-6-9-15(14(12)3)19-18(24)21-20-17(22)11-23-16-10-5-4-7-13(16)2/h4-5,7,10,12,14-15H,6,8-9,11H2,1-3H3,(H,20,22)(H2,19,21,24)/t12-,14+,15+/m1/s1. The smallest absolute Gasteiger partial charge is 0.276 e. The summed E-state index contributed by atoms with van der Waals surface area (Å²) in [4.78, 5) is 11.9. The Kier molecular flexibility index (Phi) is 6.85. The van der Waals surface area contributed by atoms with Crippen molar-refractivity contribution in [2.45, 2.75) is 46.1 Å². The number of thiocarbonyl (C=S) groups is 1. The Morgan fingerprint density at radius 1 is 1.25 bits per heavy atom. The normalized spacial score (nSPS) is 23.2. The number of hydrogen-bond donors (Lipinski definition) is 3. The SMILES string of the molecule is Cc1ccccc1OCC(=O)NNC(=S)N[C@H]1CCC[C@@H](C)[C@@H]1C. The van der Waals surface area contributed by atoms with Crippen molar-refractivity contribution in [2.24, 2.45) is 11.8 Å². The molecule has 1 aromatic carbocycles. The molecule has 0 saturated heterocycles. The summed E-state index contributed by atoms with van der Waals surface area (Å²) >= 11 is 5.27. The maximum atomic E-state index is 11.9. The molecule has 1 saturated carbocycles. The predicted octanol–water partition coefficient (Wildman–Crippen LogP) is 2.69. The fourth-order valence-corrected chi connectivity index (χ4v) is 3.22. The van der Waals surface area contributed by atoms with Crippen LogP contribution >= 0.6 is 12.2 Å². The van der Waals surface area contributed by atoms with E-state index in [-0.39, 0.29) is 12.5 Å². The highest BCUT2D eigenvalue weighted by molar-refractivity contribution is 7.80. The molecule has 1 aliphatic carbocycles. The van der Waals surface area contributed by atoms with Crippen LogP contribution in [0.1, 0.15) is 38.7 Å². The molecular formula is C18H27N3O2S. The summed E-state index contributed by atoms with van der Waals surface area (Å²) in [5.74, 6) is 1.69. The molecule has 0 unspecified atom stereocenters. The van der Waals surface area contributed by atoms with Gasteiger partial charge in [0.25, 0.3) is 5.91 Å². The van der Waals surface area contributed by atoms with Gasteiger partial charge in [-0.1, -0.05) is 44.9 Å². The molecular weight excluding hydrogens is 322 g/mol. The molecule has 1 aromatic rings. The first kappa shape index (κ1) is 18.5. The van der Waals surface area contributed by atoms with Crippen LogP contribution in [-0.2, 0) is 4.79 Å². The van der Waals surface area contributed by atoms with Gasteiger partial charge in [0.1, 0.15) is 5.75 Å². The zero-order valence-electron chi connectivity index (χ0n) is 14.6. The Hall–Kier alpha value is -1.82. The van der Waals surface area contributed by atoms with Gasteiger partial charge in [0.15, 0.2) is 11.7 Å². The van der Waals surface area contributed by atoms with Gasteiger partial charge in [0, 0.05) is 6.04 Å². The van der Waals surface area contributed by atoms with Crippen molar-refractivity contribution in [3.8, 4) is 5.75 Å². The lowest BCUT2D eigenvalue weighted by Crippen LogP contribution is -2.53. The van der Waals surface area contributed by atoms with Gasteiger partial charge >= 0.3 is 0 Å². The van der Waals surface area contributed by atoms with Gasteiger partial charge in [-0.05, 0) is 49.0 Å². The molecule has 0 aliphatic heterocycles. The second kappa shape index (κ2) is 8.87. The summed E-state index contributed by atoms with van der Waals surface area (Å²) in [6, 6.07) is 7.95. The van der Waals surface area contributed by atoms with Gasteiger partial charge in [-0.3, -0.25) is 15.6 Å². The number of ether oxygens (including phenoxy) is 1. The van der Waals surface area contributed by atoms with E-state index < -0.39 is 0 Å². The molecule has 0 aromatic heterocycles. The highest BCUT2D eigenvalue weighted by atomic mass is 32.1. The van der Waals surface area contributed by atoms with Crippen LogP contribution in [0, 0.1) is 18.8 Å². The summed E-state index contributed by atoms with van der Waals surface area (Å²) in [5.41, 5.74) is 6.32. The van der Waals surface area contributed by atoms with Crippen molar-refractivity contribution in [2.75, 3.05) is 6.61 Å². The van der Waals surface area contributed by atoms with Crippen LogP contribution in [0.5, 0.6) is 5.75 Å². The highest BCUT2D eigenvalue weighted by Crippen LogP contribution is 2.29. The molecule has 0 heterocycles. The number of aryl methyl sites for hydroxylation is 1. The first-order chi connectivity index (χ1) is 11.5. The zero-order chi connectivity index (χ0) is 17.5. The minimum absolute atomic E-state index is 0.0582. The van der Waals surface area contributed by atoms with E-state index in [9.17, 15) is 4.79 Å². The molecule has 3 atom stereocenters. The third-order valence-electron chi connectivity index (χ3n) is 4.79. The van der Waals surface area contributed by atoms with Crippen LogP contribution in [-0.4, -0.2) is 23.7 Å². The average Bonchev–Trinajstić information content (AvgIpc) is 2.56. The van der Waals surface area contributed by atoms with Gasteiger partial charge in [0.2, 0.25) is 0 Å². The summed E-state index contributed by atoms with van der Waals surface area (Å²) in [6.07, 6.45) is 3.59. The summed E-state index contributed by atoms with van der Waals surface area (Å²) in [7, 11) is 0. The number of rotatable bonds is 4. The minimum Gasteiger partial charge on any atom is -0.483 e. The molecule has 1 fully saturated rings. The molecule has 0 bridgehead atoms. The molecule has 24 heavy (non-hydrogen) atoms. The molecule has 6 heteroatoms. The molecule has 132 valence electrons. The van der Waals surface area contributed by atoms with Gasteiger partial charge in [-0.25, -0.2) is 0 Å². The van der Waals surface area contributed by atoms with Gasteiger partial charge in [-0.2, -0.15) is 0 Å². The molecule has 3 N–H and O–H groups in total. The van der Waals surface area contributed by atoms with Crippen molar-refractivity contribution < 1.29 is 9.53 Å².